The van der Waals surface area contributed by atoms with Crippen LogP contribution in [0.3, 0.4) is 0 Å². The van der Waals surface area contributed by atoms with E-state index in [1.165, 1.54) is 50.1 Å². The van der Waals surface area contributed by atoms with E-state index in [1.54, 1.807) is 0 Å². The van der Waals surface area contributed by atoms with Crippen LogP contribution in [-0.2, 0) is 37.9 Å². The Morgan fingerprint density at radius 2 is 0.590 bits per heavy atom. The zero-order valence-electron chi connectivity index (χ0n) is 43.2. The summed E-state index contributed by atoms with van der Waals surface area (Å²) < 4.78 is 0.796. The summed E-state index contributed by atoms with van der Waals surface area (Å²) in [5.41, 5.74) is 16.3. The van der Waals surface area contributed by atoms with Gasteiger partial charge in [0.2, 0.25) is 0 Å². The second kappa shape index (κ2) is 18.3. The lowest BCUT2D eigenvalue weighted by molar-refractivity contribution is 0.558. The van der Waals surface area contributed by atoms with Gasteiger partial charge in [0, 0.05) is 0 Å². The van der Waals surface area contributed by atoms with E-state index >= 15 is 0 Å². The van der Waals surface area contributed by atoms with Crippen LogP contribution in [0.2, 0.25) is 16.6 Å². The van der Waals surface area contributed by atoms with Crippen LogP contribution in [0.15, 0.2) is 63.6 Å². The molecule has 0 radical (unpaired) electrons. The third-order valence-electron chi connectivity index (χ3n) is 13.1. The topological polar surface area (TPSA) is 0 Å². The van der Waals surface area contributed by atoms with Gasteiger partial charge in [-0.1, -0.05) is 239 Å². The summed E-state index contributed by atoms with van der Waals surface area (Å²) in [6.07, 6.45) is 0. The summed E-state index contributed by atoms with van der Waals surface area (Å²) in [5, 5.41) is 0. The average Bonchev–Trinajstić information content (AvgIpc) is 3.08. The van der Waals surface area contributed by atoms with Crippen molar-refractivity contribution in [1.82, 2.24) is 0 Å². The first-order valence-electron chi connectivity index (χ1n) is 22.9. The molecule has 0 fully saturated rings. The summed E-state index contributed by atoms with van der Waals surface area (Å²) in [6.45, 7) is 56.4. The summed E-state index contributed by atoms with van der Waals surface area (Å²) in [7, 11) is -2.08. The lowest BCUT2D eigenvalue weighted by Crippen LogP contribution is -2.43. The molecule has 61 heavy (non-hydrogen) atoms. The highest BCUT2D eigenvalue weighted by Gasteiger charge is 2.43. The fourth-order valence-corrected chi connectivity index (χ4v) is 14.3. The number of allylic oxidation sites excluding steroid dienone is 1. The molecule has 0 nitrogen and oxygen atoms in total. The van der Waals surface area contributed by atoms with Crippen molar-refractivity contribution in [2.24, 2.45) is 0 Å². The molecule has 3 rings (SSSR count). The molecule has 0 amide bonds. The number of hydrogen-bond donors (Lipinski definition) is 0. The van der Waals surface area contributed by atoms with Gasteiger partial charge in [-0.15, -0.1) is 5.54 Å². The molecule has 0 aliphatic heterocycles. The number of halogens is 2. The Labute approximate surface area is 395 Å². The standard InChI is InChI=1S/C58H84Br2Si/c1-38(2)61(39(3)4,40(5)6)28-26-41(51(59)60)25-27-58(48-32-42(52(7,8)9)29-43(33-48)53(10,11)12,49-34-44(54(13,14)15)30-45(35-49)55(16,17)18)50-36-46(56(19,20)21)31-47(37-50)57(22,23)24/h29-40H,1-24H3. The molecule has 334 valence electrons. The zero-order valence-corrected chi connectivity index (χ0v) is 47.4. The Morgan fingerprint density at radius 3 is 0.770 bits per heavy atom. The van der Waals surface area contributed by atoms with Gasteiger partial charge >= 0.3 is 0 Å². The Balaban J connectivity index is 2.99. The summed E-state index contributed by atoms with van der Waals surface area (Å²) >= 11 is 7.78. The molecule has 0 aromatic heterocycles. The third kappa shape index (κ3) is 12.1. The second-order valence-corrected chi connectivity index (χ2v) is 33.4. The van der Waals surface area contributed by atoms with Gasteiger partial charge in [0.15, 0.2) is 0 Å². The maximum atomic E-state index is 4.20. The van der Waals surface area contributed by atoms with E-state index in [0.29, 0.717) is 16.6 Å². The first-order chi connectivity index (χ1) is 27.3. The monoisotopic (exact) mass is 966 g/mol. The molecular weight excluding hydrogens is 885 g/mol. The first-order valence-corrected chi connectivity index (χ1v) is 26.7. The Morgan fingerprint density at radius 1 is 0.377 bits per heavy atom. The minimum Gasteiger partial charge on any atom is -0.124 e. The summed E-state index contributed by atoms with van der Waals surface area (Å²) in [6, 6.07) is 22.2. The molecule has 0 spiro atoms. The van der Waals surface area contributed by atoms with Crippen LogP contribution in [0.25, 0.3) is 0 Å². The molecule has 0 N–H and O–H groups in total. The molecule has 0 aliphatic rings. The smallest absolute Gasteiger partial charge is 0.124 e. The molecule has 0 saturated heterocycles. The van der Waals surface area contributed by atoms with Gasteiger partial charge in [-0.3, -0.25) is 0 Å². The van der Waals surface area contributed by atoms with Gasteiger partial charge in [0.1, 0.15) is 13.5 Å². The minimum absolute atomic E-state index is 0.100. The van der Waals surface area contributed by atoms with Gasteiger partial charge in [-0.25, -0.2) is 0 Å². The van der Waals surface area contributed by atoms with Crippen molar-refractivity contribution in [1.29, 1.82) is 0 Å². The molecule has 0 unspecified atom stereocenters. The molecule has 0 aliphatic carbocycles. The summed E-state index contributed by atoms with van der Waals surface area (Å²) in [4.78, 5) is 0. The Hall–Kier alpha value is -2.30. The van der Waals surface area contributed by atoms with Crippen LogP contribution < -0.4 is 0 Å². The van der Waals surface area contributed by atoms with Crippen molar-refractivity contribution in [3.63, 3.8) is 0 Å². The van der Waals surface area contributed by atoms with Crippen LogP contribution in [0.1, 0.15) is 216 Å². The molecule has 3 aromatic carbocycles. The molecule has 3 heteroatoms. The molecule has 0 heterocycles. The van der Waals surface area contributed by atoms with E-state index < -0.39 is 13.5 Å². The van der Waals surface area contributed by atoms with Crippen LogP contribution in [-0.4, -0.2) is 8.07 Å². The average molecular weight is 969 g/mol. The van der Waals surface area contributed by atoms with Crippen molar-refractivity contribution in [2.45, 2.75) is 221 Å². The molecule has 0 atom stereocenters. The molecule has 0 bridgehead atoms. The van der Waals surface area contributed by atoms with Crippen molar-refractivity contribution in [3.8, 4) is 23.3 Å². The lowest BCUT2D eigenvalue weighted by Gasteiger charge is -2.38. The van der Waals surface area contributed by atoms with Crippen molar-refractivity contribution in [3.05, 3.63) is 114 Å². The maximum Gasteiger partial charge on any atom is 0.146 e. The lowest BCUT2D eigenvalue weighted by atomic mass is 9.64. The number of benzene rings is 3. The highest BCUT2D eigenvalue weighted by Crippen LogP contribution is 2.47. The van der Waals surface area contributed by atoms with Crippen molar-refractivity contribution in [2.75, 3.05) is 0 Å². The van der Waals surface area contributed by atoms with Crippen LogP contribution in [0, 0.1) is 23.3 Å². The normalized spacial score (nSPS) is 13.6. The maximum absolute atomic E-state index is 4.20. The third-order valence-corrected chi connectivity index (χ3v) is 20.2. The highest BCUT2D eigenvalue weighted by molar-refractivity contribution is 9.28. The number of hydrogen-bond acceptors (Lipinski definition) is 0. The van der Waals surface area contributed by atoms with E-state index in [2.05, 4.69) is 276 Å². The van der Waals surface area contributed by atoms with E-state index in [4.69, 9.17) is 0 Å². The van der Waals surface area contributed by atoms with Gasteiger partial charge in [-0.2, -0.15) is 0 Å². The van der Waals surface area contributed by atoms with Crippen LogP contribution >= 0.6 is 31.9 Å². The van der Waals surface area contributed by atoms with E-state index in [-0.39, 0.29) is 32.5 Å². The van der Waals surface area contributed by atoms with E-state index in [9.17, 15) is 0 Å². The predicted molar refractivity (Wildman–Crippen MR) is 283 cm³/mol. The van der Waals surface area contributed by atoms with Gasteiger partial charge in [0.05, 0.1) is 8.96 Å². The molecular formula is C58H84Br2Si. The van der Waals surface area contributed by atoms with Crippen molar-refractivity contribution < 1.29 is 0 Å². The second-order valence-electron chi connectivity index (χ2n) is 25.2. The largest absolute Gasteiger partial charge is 0.146 e. The van der Waals surface area contributed by atoms with Crippen molar-refractivity contribution >= 4 is 39.9 Å². The van der Waals surface area contributed by atoms with Crippen LogP contribution in [0.4, 0.5) is 0 Å². The summed E-state index contributed by atoms with van der Waals surface area (Å²) in [5.74, 6) is 11.9. The van der Waals surface area contributed by atoms with Crippen LogP contribution in [0.5, 0.6) is 0 Å². The van der Waals surface area contributed by atoms with E-state index in [1.807, 2.05) is 0 Å². The van der Waals surface area contributed by atoms with Gasteiger partial charge < -0.3 is 0 Å². The van der Waals surface area contributed by atoms with Gasteiger partial charge in [0.25, 0.3) is 0 Å². The zero-order chi connectivity index (χ0) is 47.3. The fourth-order valence-electron chi connectivity index (χ4n) is 8.73. The quantitative estimate of drug-likeness (QED) is 0.131. The predicted octanol–water partition coefficient (Wildman–Crippen LogP) is 18.0. The Bertz CT molecular complexity index is 1910. The van der Waals surface area contributed by atoms with E-state index in [0.717, 1.165) is 8.96 Å². The Kier molecular flexibility index (Phi) is 15.9. The first kappa shape index (κ1) is 53.0. The minimum atomic E-state index is -2.08. The molecule has 0 saturated carbocycles. The SMILES string of the molecule is CC(C)[Si](C#CC(C#CC(c1cc(C(C)(C)C)cc(C(C)(C)C)c1)(c1cc(C(C)(C)C)cc(C(C)(C)C)c1)c1cc(C(C)(C)C)cc(C(C)(C)C)c1)=C(Br)Br)(C(C)C)C(C)C. The number of rotatable bonds is 6. The van der Waals surface area contributed by atoms with Gasteiger partial charge in [-0.05, 0) is 131 Å². The highest BCUT2D eigenvalue weighted by atomic mass is 79.9. The molecule has 3 aromatic rings. The fraction of sp³-hybridized carbons (Fsp3) is 0.586.